The van der Waals surface area contributed by atoms with Crippen LogP contribution in [0.1, 0.15) is 26.3 Å². The van der Waals surface area contributed by atoms with Crippen molar-refractivity contribution in [2.24, 2.45) is 0 Å². The normalized spacial score (nSPS) is 11.6. The van der Waals surface area contributed by atoms with Crippen molar-refractivity contribution < 1.29 is 27.7 Å². The molecule has 1 N–H and O–H groups in total. The summed E-state index contributed by atoms with van der Waals surface area (Å²) >= 11 is 0. The van der Waals surface area contributed by atoms with Gasteiger partial charge in [-0.15, -0.1) is 0 Å². The van der Waals surface area contributed by atoms with Crippen LogP contribution >= 0.6 is 0 Å². The molecule has 0 saturated heterocycles. The zero-order valence-electron chi connectivity index (χ0n) is 22.9. The Bertz CT molecular complexity index is 1700. The summed E-state index contributed by atoms with van der Waals surface area (Å²) in [4.78, 5) is 0.238. The van der Waals surface area contributed by atoms with E-state index in [0.29, 0.717) is 28.7 Å². The van der Waals surface area contributed by atoms with E-state index >= 15 is 0 Å². The van der Waals surface area contributed by atoms with Gasteiger partial charge in [-0.25, -0.2) is 8.42 Å². The molecule has 0 spiro atoms. The Morgan fingerprint density at radius 2 is 0.732 bits per heavy atom. The second-order valence-electron chi connectivity index (χ2n) is 10.5. The predicted octanol–water partition coefficient (Wildman–Crippen LogP) is 8.90. The minimum Gasteiger partial charge on any atom is -0.508 e. The van der Waals surface area contributed by atoms with Crippen molar-refractivity contribution in [1.82, 2.24) is 0 Å². The molecule has 0 saturated carbocycles. The van der Waals surface area contributed by atoms with Crippen LogP contribution < -0.4 is 14.2 Å². The molecule has 0 radical (unpaired) electrons. The molecule has 0 aliphatic rings. The van der Waals surface area contributed by atoms with Gasteiger partial charge in [0.1, 0.15) is 40.2 Å². The molecular weight excluding hydrogens is 536 g/mol. The first-order valence-electron chi connectivity index (χ1n) is 13.0. The largest absolute Gasteiger partial charge is 0.508 e. The molecule has 0 bridgehead atoms. The number of phenolic OH excluding ortho intramolecular Hbond substituents is 1. The van der Waals surface area contributed by atoms with Crippen molar-refractivity contribution in [3.05, 3.63) is 127 Å². The lowest BCUT2D eigenvalue weighted by molar-refractivity contribution is 0.463. The highest BCUT2D eigenvalue weighted by molar-refractivity contribution is 7.91. The Morgan fingerprint density at radius 3 is 1.05 bits per heavy atom. The molecule has 5 aromatic rings. The monoisotopic (exact) mass is 566 g/mol. The molecule has 41 heavy (non-hydrogen) atoms. The number of rotatable bonds is 8. The average Bonchev–Trinajstić information content (AvgIpc) is 2.95. The summed E-state index contributed by atoms with van der Waals surface area (Å²) in [6, 6.07) is 34.2. The van der Waals surface area contributed by atoms with E-state index < -0.39 is 9.84 Å². The van der Waals surface area contributed by atoms with Gasteiger partial charge < -0.3 is 19.3 Å². The van der Waals surface area contributed by atoms with Gasteiger partial charge in [-0.05, 0) is 120 Å². The lowest BCUT2D eigenvalue weighted by Gasteiger charge is -2.19. The van der Waals surface area contributed by atoms with Crippen LogP contribution in [0.2, 0.25) is 0 Å². The number of benzene rings is 5. The number of phenols is 1. The predicted molar refractivity (Wildman–Crippen MR) is 158 cm³/mol. The van der Waals surface area contributed by atoms with Crippen molar-refractivity contribution in [3.8, 4) is 40.2 Å². The van der Waals surface area contributed by atoms with Gasteiger partial charge in [0.2, 0.25) is 9.84 Å². The summed E-state index contributed by atoms with van der Waals surface area (Å²) in [6.07, 6.45) is 0. The number of ether oxygens (including phenoxy) is 3. The molecule has 5 rings (SSSR count). The molecule has 0 amide bonds. The quantitative estimate of drug-likeness (QED) is 0.202. The highest BCUT2D eigenvalue weighted by atomic mass is 32.2. The van der Waals surface area contributed by atoms with Crippen molar-refractivity contribution in [2.75, 3.05) is 0 Å². The van der Waals surface area contributed by atoms with Crippen LogP contribution in [-0.4, -0.2) is 13.5 Å². The molecule has 5 aromatic carbocycles. The van der Waals surface area contributed by atoms with Crippen molar-refractivity contribution in [1.29, 1.82) is 0 Å². The zero-order chi connectivity index (χ0) is 29.0. The summed E-state index contributed by atoms with van der Waals surface area (Å²) in [5.74, 6) is 3.87. The van der Waals surface area contributed by atoms with Gasteiger partial charge in [-0.1, -0.05) is 32.9 Å². The zero-order valence-corrected chi connectivity index (χ0v) is 23.8. The molecule has 6 nitrogen and oxygen atoms in total. The van der Waals surface area contributed by atoms with Crippen LogP contribution in [0.5, 0.6) is 40.2 Å². The highest BCUT2D eigenvalue weighted by Gasteiger charge is 2.18. The van der Waals surface area contributed by atoms with Gasteiger partial charge in [0.05, 0.1) is 9.79 Å². The van der Waals surface area contributed by atoms with Gasteiger partial charge in [-0.3, -0.25) is 0 Å². The van der Waals surface area contributed by atoms with E-state index in [2.05, 4.69) is 32.9 Å². The van der Waals surface area contributed by atoms with Gasteiger partial charge in [-0.2, -0.15) is 0 Å². The lowest BCUT2D eigenvalue weighted by Crippen LogP contribution is -2.10. The first-order valence-corrected chi connectivity index (χ1v) is 14.5. The number of hydrogen-bond donors (Lipinski definition) is 1. The van der Waals surface area contributed by atoms with E-state index in [-0.39, 0.29) is 21.0 Å². The molecule has 0 aromatic heterocycles. The first-order chi connectivity index (χ1) is 19.6. The van der Waals surface area contributed by atoms with Gasteiger partial charge in [0, 0.05) is 0 Å². The Labute approximate surface area is 240 Å². The summed E-state index contributed by atoms with van der Waals surface area (Å²) in [7, 11) is -3.70. The Kier molecular flexibility index (Phi) is 7.72. The Morgan fingerprint density at radius 1 is 0.463 bits per heavy atom. The van der Waals surface area contributed by atoms with Gasteiger partial charge >= 0.3 is 0 Å². The van der Waals surface area contributed by atoms with E-state index in [1.54, 1.807) is 36.4 Å². The fourth-order valence-corrected chi connectivity index (χ4v) is 5.29. The van der Waals surface area contributed by atoms with E-state index in [1.807, 2.05) is 36.4 Å². The molecule has 0 fully saturated rings. The minimum absolute atomic E-state index is 0.00482. The fraction of sp³-hybridized carbons (Fsp3) is 0.118. The molecule has 0 aliphatic heterocycles. The van der Waals surface area contributed by atoms with Crippen LogP contribution in [0, 0.1) is 0 Å². The fourth-order valence-electron chi connectivity index (χ4n) is 4.03. The maximum absolute atomic E-state index is 12.8. The molecule has 208 valence electrons. The maximum atomic E-state index is 12.8. The van der Waals surface area contributed by atoms with Crippen molar-refractivity contribution in [3.63, 3.8) is 0 Å². The summed E-state index contributed by atoms with van der Waals surface area (Å²) in [5, 5.41) is 9.42. The highest BCUT2D eigenvalue weighted by Crippen LogP contribution is 2.31. The molecule has 7 heteroatoms. The van der Waals surface area contributed by atoms with Gasteiger partial charge in [0.15, 0.2) is 0 Å². The third kappa shape index (κ3) is 6.88. The van der Waals surface area contributed by atoms with Crippen LogP contribution in [0.4, 0.5) is 0 Å². The van der Waals surface area contributed by atoms with E-state index in [1.165, 1.54) is 42.0 Å². The maximum Gasteiger partial charge on any atom is 0.206 e. The molecule has 0 aliphatic carbocycles. The second-order valence-corrected chi connectivity index (χ2v) is 12.4. The van der Waals surface area contributed by atoms with Crippen LogP contribution in [0.15, 0.2) is 131 Å². The molecular formula is C34H30O6S. The van der Waals surface area contributed by atoms with E-state index in [4.69, 9.17) is 14.2 Å². The number of aromatic hydroxyl groups is 1. The molecule has 0 heterocycles. The molecule has 0 atom stereocenters. The number of hydrogen-bond acceptors (Lipinski definition) is 6. The second kappa shape index (κ2) is 11.4. The minimum atomic E-state index is -3.70. The lowest BCUT2D eigenvalue weighted by atomic mass is 9.87. The summed E-state index contributed by atoms with van der Waals surface area (Å²) in [5.41, 5.74) is 1.34. The SMILES string of the molecule is CC(C)(C)c1ccc(Oc2ccc(Oc3ccc(Oc4ccc(S(=O)(=O)c5ccc(O)cc5)cc4)cc3)cc2)cc1. The standard InChI is InChI=1S/C34H30O6S/c1-34(2,3)24-4-8-26(9-5-24)38-27-10-12-28(13-11-27)39-29-14-16-30(17-15-29)40-31-18-22-33(23-19-31)41(36,37)32-20-6-25(35)7-21-32/h4-23,35H,1-3H3. The van der Waals surface area contributed by atoms with Crippen LogP contribution in [0.3, 0.4) is 0 Å². The third-order valence-corrected chi connectivity index (χ3v) is 8.14. The Hall–Kier alpha value is -4.75. The van der Waals surface area contributed by atoms with Crippen molar-refractivity contribution >= 4 is 9.84 Å². The van der Waals surface area contributed by atoms with E-state index in [9.17, 15) is 13.5 Å². The summed E-state index contributed by atoms with van der Waals surface area (Å²) in [6.45, 7) is 6.54. The van der Waals surface area contributed by atoms with Crippen LogP contribution in [0.25, 0.3) is 0 Å². The van der Waals surface area contributed by atoms with Crippen molar-refractivity contribution in [2.45, 2.75) is 36.0 Å². The van der Waals surface area contributed by atoms with Gasteiger partial charge in [0.25, 0.3) is 0 Å². The first kappa shape index (κ1) is 27.8. The third-order valence-electron chi connectivity index (χ3n) is 6.36. The number of sulfone groups is 1. The van der Waals surface area contributed by atoms with Crippen LogP contribution in [-0.2, 0) is 15.3 Å². The smallest absolute Gasteiger partial charge is 0.206 e. The average molecular weight is 567 g/mol. The van der Waals surface area contributed by atoms with E-state index in [0.717, 1.165) is 5.75 Å². The molecule has 0 unspecified atom stereocenters. The summed E-state index contributed by atoms with van der Waals surface area (Å²) < 4.78 is 43.4. The topological polar surface area (TPSA) is 82.1 Å². The Balaban J connectivity index is 1.17.